The maximum Gasteiger partial charge on any atom is 0.416 e. The zero-order valence-electron chi connectivity index (χ0n) is 11.6. The fourth-order valence-electron chi connectivity index (χ4n) is 1.76. The molecule has 0 aliphatic carbocycles. The van der Waals surface area contributed by atoms with Gasteiger partial charge in [-0.3, -0.25) is 0 Å². The number of nitrogens with one attached hydrogen (secondary N) is 2. The molecule has 114 valence electrons. The van der Waals surface area contributed by atoms with Crippen molar-refractivity contribution in [1.82, 2.24) is 10.6 Å². The highest BCUT2D eigenvalue weighted by atomic mass is 79.9. The monoisotopic (exact) mass is 352 g/mol. The fraction of sp³-hybridized carbons (Fsp3) is 0.571. The fourth-order valence-corrected chi connectivity index (χ4v) is 2.12. The van der Waals surface area contributed by atoms with Gasteiger partial charge in [-0.15, -0.1) is 0 Å². The topological polar surface area (TPSA) is 24.1 Å². The first-order valence-electron chi connectivity index (χ1n) is 6.57. The molecule has 0 fully saturated rings. The summed E-state index contributed by atoms with van der Waals surface area (Å²) in [4.78, 5) is 0. The molecule has 0 bridgehead atoms. The summed E-state index contributed by atoms with van der Waals surface area (Å²) in [5.41, 5.74) is -0.320. The molecule has 0 aliphatic heterocycles. The van der Waals surface area contributed by atoms with Crippen molar-refractivity contribution in [2.45, 2.75) is 26.6 Å². The molecule has 0 spiro atoms. The van der Waals surface area contributed by atoms with Crippen LogP contribution in [0.4, 0.5) is 13.2 Å². The molecule has 2 N–H and O–H groups in total. The van der Waals surface area contributed by atoms with Crippen molar-refractivity contribution in [2.75, 3.05) is 19.6 Å². The van der Waals surface area contributed by atoms with Crippen molar-refractivity contribution < 1.29 is 13.2 Å². The summed E-state index contributed by atoms with van der Waals surface area (Å²) in [5, 5.41) is 6.26. The minimum atomic E-state index is -4.32. The smallest absolute Gasteiger partial charge is 0.315 e. The van der Waals surface area contributed by atoms with Crippen LogP contribution in [-0.4, -0.2) is 19.6 Å². The van der Waals surface area contributed by atoms with E-state index in [1.54, 1.807) is 6.07 Å². The number of alkyl halides is 3. The molecule has 0 aliphatic rings. The molecule has 0 saturated heterocycles. The average Bonchev–Trinajstić information content (AvgIpc) is 2.33. The van der Waals surface area contributed by atoms with Crippen molar-refractivity contribution >= 4 is 15.9 Å². The maximum absolute atomic E-state index is 12.9. The van der Waals surface area contributed by atoms with E-state index in [9.17, 15) is 13.2 Å². The Labute approximate surface area is 126 Å². The highest BCUT2D eigenvalue weighted by molar-refractivity contribution is 9.10. The number of hydrogen-bond acceptors (Lipinski definition) is 2. The quantitative estimate of drug-likeness (QED) is 0.729. The van der Waals surface area contributed by atoms with Crippen LogP contribution in [0.15, 0.2) is 22.7 Å². The second-order valence-corrected chi connectivity index (χ2v) is 5.99. The third kappa shape index (κ3) is 6.24. The van der Waals surface area contributed by atoms with Crippen LogP contribution in [-0.2, 0) is 12.7 Å². The Kier molecular flexibility index (Phi) is 6.99. The average molecular weight is 353 g/mol. The van der Waals surface area contributed by atoms with Crippen molar-refractivity contribution in [3.8, 4) is 0 Å². The Morgan fingerprint density at radius 3 is 2.40 bits per heavy atom. The molecule has 0 radical (unpaired) electrons. The van der Waals surface area contributed by atoms with Gasteiger partial charge in [0, 0.05) is 24.1 Å². The zero-order chi connectivity index (χ0) is 15.2. The summed E-state index contributed by atoms with van der Waals surface area (Å²) in [6.07, 6.45) is -4.32. The molecule has 0 saturated carbocycles. The number of hydrogen-bond donors (Lipinski definition) is 2. The second-order valence-electron chi connectivity index (χ2n) is 5.07. The largest absolute Gasteiger partial charge is 0.416 e. The minimum absolute atomic E-state index is 0.214. The van der Waals surface area contributed by atoms with Crippen molar-refractivity contribution in [2.24, 2.45) is 5.92 Å². The number of benzene rings is 1. The van der Waals surface area contributed by atoms with Gasteiger partial charge in [-0.25, -0.2) is 0 Å². The van der Waals surface area contributed by atoms with Crippen LogP contribution in [0.3, 0.4) is 0 Å². The highest BCUT2D eigenvalue weighted by Gasteiger charge is 2.33. The normalized spacial score (nSPS) is 12.2. The van der Waals surface area contributed by atoms with Crippen molar-refractivity contribution in [3.63, 3.8) is 0 Å². The van der Waals surface area contributed by atoms with E-state index in [1.165, 1.54) is 6.07 Å². The maximum atomic E-state index is 12.9. The molecule has 0 heterocycles. The first-order valence-corrected chi connectivity index (χ1v) is 7.37. The first-order chi connectivity index (χ1) is 9.30. The van der Waals surface area contributed by atoms with E-state index in [0.717, 1.165) is 19.2 Å². The lowest BCUT2D eigenvalue weighted by molar-refractivity contribution is -0.138. The Morgan fingerprint density at radius 1 is 1.15 bits per heavy atom. The molecule has 20 heavy (non-hydrogen) atoms. The molecule has 0 unspecified atom stereocenters. The lowest BCUT2D eigenvalue weighted by atomic mass is 10.1. The van der Waals surface area contributed by atoms with Crippen molar-refractivity contribution in [3.05, 3.63) is 33.8 Å². The molecule has 0 amide bonds. The van der Waals surface area contributed by atoms with Gasteiger partial charge in [-0.1, -0.05) is 35.8 Å². The zero-order valence-corrected chi connectivity index (χ0v) is 13.2. The van der Waals surface area contributed by atoms with E-state index in [2.05, 4.69) is 40.4 Å². The Hall–Kier alpha value is -0.590. The second kappa shape index (κ2) is 8.00. The van der Waals surface area contributed by atoms with Gasteiger partial charge in [-0.2, -0.15) is 13.2 Å². The van der Waals surface area contributed by atoms with E-state index in [4.69, 9.17) is 0 Å². The lowest BCUT2D eigenvalue weighted by Gasteiger charge is -2.14. The SMILES string of the molecule is CC(C)CNCCNCc1ccc(Br)cc1C(F)(F)F. The third-order valence-electron chi connectivity index (χ3n) is 2.72. The van der Waals surface area contributed by atoms with Gasteiger partial charge in [0.2, 0.25) is 0 Å². The van der Waals surface area contributed by atoms with Crippen molar-refractivity contribution in [1.29, 1.82) is 0 Å². The predicted molar refractivity (Wildman–Crippen MR) is 78.6 cm³/mol. The molecule has 0 atom stereocenters. The summed E-state index contributed by atoms with van der Waals surface area (Å²) < 4.78 is 39.1. The highest BCUT2D eigenvalue weighted by Crippen LogP contribution is 2.33. The Balaban J connectivity index is 2.48. The molecular formula is C14H20BrF3N2. The molecular weight excluding hydrogens is 333 g/mol. The Bertz CT molecular complexity index is 419. The third-order valence-corrected chi connectivity index (χ3v) is 3.22. The van der Waals surface area contributed by atoms with Gasteiger partial charge in [0.05, 0.1) is 5.56 Å². The van der Waals surface area contributed by atoms with Gasteiger partial charge in [0.15, 0.2) is 0 Å². The van der Waals surface area contributed by atoms with Gasteiger partial charge in [0.1, 0.15) is 0 Å². The summed E-state index contributed by atoms with van der Waals surface area (Å²) in [7, 11) is 0. The van der Waals surface area contributed by atoms with Gasteiger partial charge in [0.25, 0.3) is 0 Å². The number of halogens is 4. The van der Waals surface area contributed by atoms with E-state index >= 15 is 0 Å². The van der Waals surface area contributed by atoms with E-state index in [1.807, 2.05) is 0 Å². The van der Waals surface area contributed by atoms with Gasteiger partial charge < -0.3 is 10.6 Å². The summed E-state index contributed by atoms with van der Waals surface area (Å²) >= 11 is 3.07. The van der Waals surface area contributed by atoms with Crippen LogP contribution >= 0.6 is 15.9 Å². The molecule has 2 nitrogen and oxygen atoms in total. The van der Waals surface area contributed by atoms with Crippen LogP contribution in [0.5, 0.6) is 0 Å². The van der Waals surface area contributed by atoms with E-state index < -0.39 is 11.7 Å². The summed E-state index contributed by atoms with van der Waals surface area (Å²) in [5.74, 6) is 0.568. The van der Waals surface area contributed by atoms with Crippen LogP contribution in [0.2, 0.25) is 0 Å². The van der Waals surface area contributed by atoms with Crippen LogP contribution in [0, 0.1) is 5.92 Å². The lowest BCUT2D eigenvalue weighted by Crippen LogP contribution is -2.29. The Morgan fingerprint density at radius 2 is 1.80 bits per heavy atom. The minimum Gasteiger partial charge on any atom is -0.315 e. The molecule has 0 aromatic heterocycles. The number of rotatable bonds is 7. The van der Waals surface area contributed by atoms with Gasteiger partial charge in [-0.05, 0) is 30.2 Å². The molecule has 6 heteroatoms. The van der Waals surface area contributed by atoms with E-state index in [0.29, 0.717) is 16.9 Å². The standard InChI is InChI=1S/C14H20BrF3N2/c1-10(2)8-19-5-6-20-9-11-3-4-12(15)7-13(11)14(16,17)18/h3-4,7,10,19-20H,5-6,8-9H2,1-2H3. The van der Waals surface area contributed by atoms with Crippen LogP contribution in [0.25, 0.3) is 0 Å². The van der Waals surface area contributed by atoms with Gasteiger partial charge >= 0.3 is 6.18 Å². The van der Waals surface area contributed by atoms with Crippen LogP contribution in [0.1, 0.15) is 25.0 Å². The molecule has 1 aromatic rings. The summed E-state index contributed by atoms with van der Waals surface area (Å²) in [6, 6.07) is 4.25. The predicted octanol–water partition coefficient (Wildman–Crippen LogP) is 3.80. The molecule has 1 rings (SSSR count). The van der Waals surface area contributed by atoms with Crippen LogP contribution < -0.4 is 10.6 Å². The summed E-state index contributed by atoms with van der Waals surface area (Å²) in [6.45, 7) is 6.73. The first kappa shape index (κ1) is 17.5. The van der Waals surface area contributed by atoms with E-state index in [-0.39, 0.29) is 12.1 Å². The molecule has 1 aromatic carbocycles.